The largest absolute Gasteiger partial charge is 0.393 e. The van der Waals surface area contributed by atoms with Gasteiger partial charge in [0, 0.05) is 57.9 Å². The van der Waals surface area contributed by atoms with E-state index in [1.807, 2.05) is 43.3 Å². The molecule has 8 atom stereocenters. The number of carbonyl (C=O) groups is 2. The average Bonchev–Trinajstić information content (AvgIpc) is 3.36. The zero-order chi connectivity index (χ0) is 33.0. The fourth-order valence-corrected chi connectivity index (χ4v) is 8.27. The van der Waals surface area contributed by atoms with Crippen LogP contribution in [-0.4, -0.2) is 85.9 Å². The minimum atomic E-state index is -0.774. The van der Waals surface area contributed by atoms with E-state index in [-0.39, 0.29) is 24.4 Å². The number of anilines is 1. The monoisotopic (exact) mass is 619 g/mol. The topological polar surface area (TPSA) is 111 Å². The van der Waals surface area contributed by atoms with Crippen LogP contribution in [-0.2, 0) is 16.2 Å². The lowest BCUT2D eigenvalue weighted by Crippen LogP contribution is -2.62. The fourth-order valence-electron chi connectivity index (χ4n) is 8.27. The van der Waals surface area contributed by atoms with Crippen molar-refractivity contribution in [1.82, 2.24) is 15.3 Å². The first-order valence-electron chi connectivity index (χ1n) is 16.4. The second-order valence-electron chi connectivity index (χ2n) is 14.7. The summed E-state index contributed by atoms with van der Waals surface area (Å²) in [5.74, 6) is 0.993. The summed E-state index contributed by atoms with van der Waals surface area (Å²) in [6, 6.07) is 11.5. The van der Waals surface area contributed by atoms with Gasteiger partial charge in [-0.2, -0.15) is 5.06 Å². The van der Waals surface area contributed by atoms with Crippen molar-refractivity contribution in [1.29, 1.82) is 0 Å². The van der Waals surface area contributed by atoms with E-state index in [0.29, 0.717) is 35.3 Å². The molecule has 6 rings (SSSR count). The van der Waals surface area contributed by atoms with Gasteiger partial charge in [-0.1, -0.05) is 39.0 Å². The Morgan fingerprint density at radius 3 is 2.44 bits per heavy atom. The molecule has 9 nitrogen and oxygen atoms in total. The summed E-state index contributed by atoms with van der Waals surface area (Å²) in [6.07, 6.45) is 0.971. The van der Waals surface area contributed by atoms with E-state index in [9.17, 15) is 14.7 Å². The van der Waals surface area contributed by atoms with E-state index in [1.54, 1.807) is 31.0 Å². The van der Waals surface area contributed by atoms with E-state index in [4.69, 9.17) is 10.6 Å². The summed E-state index contributed by atoms with van der Waals surface area (Å²) in [5, 5.41) is 16.0. The molecule has 1 aliphatic heterocycles. The lowest BCUT2D eigenvalue weighted by atomic mass is 9.45. The zero-order valence-electron chi connectivity index (χ0n) is 28.5. The molecule has 4 N–H and O–H groups in total. The normalized spacial score (nSPS) is 29.5. The van der Waals surface area contributed by atoms with Gasteiger partial charge < -0.3 is 26.0 Å². The second-order valence-corrected chi connectivity index (χ2v) is 14.7. The molecular weight excluding hydrogens is 566 g/mol. The van der Waals surface area contributed by atoms with E-state index >= 15 is 0 Å². The standard InChI is InChI=1S/C36H53N5O4/c1-20-23(11-10-12-28(20)24-13-25(35(44)40(8)9)15-27(14-24)39(6)7)19-41-33(32(22(3)42)31(18-37)45-41)34(43)38-30-17-26-16-29(21(30)2)36(26,4)5/h10-15,21-22,26,29-33,42H,16-19,37H2,1-9H3,(H,38,43)/t21-,22-,26-,29+,30-,31-,32+,33-/m0/s1. The van der Waals surface area contributed by atoms with Crippen LogP contribution in [0.3, 0.4) is 0 Å². The van der Waals surface area contributed by atoms with Crippen molar-refractivity contribution in [3.63, 3.8) is 0 Å². The first kappa shape index (κ1) is 33.4. The number of hydrogen-bond acceptors (Lipinski definition) is 7. The maximum absolute atomic E-state index is 14.1. The number of amides is 2. The number of nitrogens with two attached hydrogens (primary N) is 1. The summed E-state index contributed by atoms with van der Waals surface area (Å²) < 4.78 is 0. The van der Waals surface area contributed by atoms with Gasteiger partial charge in [-0.25, -0.2) is 0 Å². The van der Waals surface area contributed by atoms with Crippen LogP contribution in [0.25, 0.3) is 11.1 Å². The zero-order valence-corrected chi connectivity index (χ0v) is 28.5. The molecule has 0 spiro atoms. The highest BCUT2D eigenvalue weighted by Gasteiger charge is 2.57. The highest BCUT2D eigenvalue weighted by Crippen LogP contribution is 2.61. The number of aliphatic hydroxyl groups is 1. The highest BCUT2D eigenvalue weighted by atomic mass is 16.7. The molecule has 1 heterocycles. The summed E-state index contributed by atoms with van der Waals surface area (Å²) in [5.41, 5.74) is 12.0. The number of carbonyl (C=O) groups excluding carboxylic acids is 2. The van der Waals surface area contributed by atoms with E-state index in [2.05, 4.69) is 45.1 Å². The van der Waals surface area contributed by atoms with Crippen molar-refractivity contribution in [2.75, 3.05) is 39.6 Å². The Morgan fingerprint density at radius 2 is 1.87 bits per heavy atom. The molecule has 2 aromatic rings. The van der Waals surface area contributed by atoms with Crippen LogP contribution in [0.5, 0.6) is 0 Å². The van der Waals surface area contributed by atoms with Crippen LogP contribution in [0.2, 0.25) is 0 Å². The molecule has 45 heavy (non-hydrogen) atoms. The maximum atomic E-state index is 14.1. The van der Waals surface area contributed by atoms with Gasteiger partial charge in [0.05, 0.1) is 18.8 Å². The summed E-state index contributed by atoms with van der Waals surface area (Å²) in [6.45, 7) is 11.3. The molecule has 0 unspecified atom stereocenters. The second kappa shape index (κ2) is 12.7. The minimum absolute atomic E-state index is 0.0572. The Balaban J connectivity index is 1.44. The highest BCUT2D eigenvalue weighted by molar-refractivity contribution is 5.96. The van der Waals surface area contributed by atoms with Crippen molar-refractivity contribution in [2.24, 2.45) is 34.8 Å². The third-order valence-corrected chi connectivity index (χ3v) is 11.3. The van der Waals surface area contributed by atoms with Crippen molar-refractivity contribution < 1.29 is 19.5 Å². The third-order valence-electron chi connectivity index (χ3n) is 11.3. The number of benzene rings is 2. The lowest BCUT2D eigenvalue weighted by molar-refractivity contribution is -0.175. The Hall–Kier alpha value is -2.98. The molecular formula is C36H53N5O4. The predicted octanol–water partition coefficient (Wildman–Crippen LogP) is 4.06. The molecule has 9 heteroatoms. The summed E-state index contributed by atoms with van der Waals surface area (Å²) >= 11 is 0. The molecule has 246 valence electrons. The van der Waals surface area contributed by atoms with Crippen LogP contribution in [0.1, 0.15) is 62.0 Å². The number of hydroxylamine groups is 2. The third kappa shape index (κ3) is 6.12. The van der Waals surface area contributed by atoms with E-state index < -0.39 is 24.2 Å². The van der Waals surface area contributed by atoms with Crippen LogP contribution < -0.4 is 16.0 Å². The predicted molar refractivity (Wildman–Crippen MR) is 178 cm³/mol. The van der Waals surface area contributed by atoms with Gasteiger partial charge in [-0.05, 0) is 90.3 Å². The van der Waals surface area contributed by atoms with Gasteiger partial charge in [-0.15, -0.1) is 0 Å². The maximum Gasteiger partial charge on any atom is 0.253 e. The summed E-state index contributed by atoms with van der Waals surface area (Å²) in [4.78, 5) is 37.0. The number of nitrogens with zero attached hydrogens (tertiary/aromatic N) is 3. The van der Waals surface area contributed by atoms with E-state index in [1.165, 1.54) is 6.42 Å². The smallest absolute Gasteiger partial charge is 0.253 e. The van der Waals surface area contributed by atoms with Crippen LogP contribution in [0.15, 0.2) is 36.4 Å². The van der Waals surface area contributed by atoms with Crippen molar-refractivity contribution in [3.8, 4) is 11.1 Å². The minimum Gasteiger partial charge on any atom is -0.393 e. The molecule has 4 aliphatic rings. The first-order valence-corrected chi connectivity index (χ1v) is 16.4. The van der Waals surface area contributed by atoms with Crippen LogP contribution in [0.4, 0.5) is 5.69 Å². The SMILES string of the molecule is Cc1c(CN2O[C@@H](CN)[C@@H]([C@H](C)O)[C@H]2C(=O)N[C@H]2C[C@@H]3C[C@H]([C@@H]2C)C3(C)C)cccc1-c1cc(C(=O)N(C)C)cc(N(C)C)c1. The van der Waals surface area contributed by atoms with E-state index in [0.717, 1.165) is 34.4 Å². The molecule has 2 aromatic carbocycles. The molecule has 4 fully saturated rings. The average molecular weight is 620 g/mol. The first-order chi connectivity index (χ1) is 21.1. The molecule has 2 amide bonds. The molecule has 2 bridgehead atoms. The van der Waals surface area contributed by atoms with Gasteiger partial charge in [0.25, 0.3) is 5.91 Å². The Labute approximate surface area is 269 Å². The van der Waals surface area contributed by atoms with Gasteiger partial charge in [0.2, 0.25) is 5.91 Å². The fraction of sp³-hybridized carbons (Fsp3) is 0.611. The summed E-state index contributed by atoms with van der Waals surface area (Å²) in [7, 11) is 7.44. The van der Waals surface area contributed by atoms with Gasteiger partial charge in [0.1, 0.15) is 6.04 Å². The van der Waals surface area contributed by atoms with Crippen LogP contribution >= 0.6 is 0 Å². The van der Waals surface area contributed by atoms with Crippen LogP contribution in [0, 0.1) is 36.0 Å². The van der Waals surface area contributed by atoms with Gasteiger partial charge in [-0.3, -0.25) is 14.4 Å². The Bertz CT molecular complexity index is 1420. The number of fused-ring (bicyclic) bond motifs is 2. The molecule has 1 saturated heterocycles. The molecule has 3 aliphatic carbocycles. The number of aliphatic hydroxyl groups excluding tert-OH is 1. The Kier molecular flexibility index (Phi) is 9.40. The molecule has 0 radical (unpaired) electrons. The lowest BCUT2D eigenvalue weighted by Gasteiger charge is -2.62. The number of hydrogen-bond donors (Lipinski definition) is 3. The molecule has 0 aromatic heterocycles. The molecule has 3 saturated carbocycles. The number of nitrogens with one attached hydrogen (secondary N) is 1. The van der Waals surface area contributed by atoms with Crippen molar-refractivity contribution in [2.45, 2.75) is 78.3 Å². The number of rotatable bonds is 9. The quantitative estimate of drug-likeness (QED) is 0.388. The van der Waals surface area contributed by atoms with Crippen molar-refractivity contribution >= 4 is 17.5 Å². The van der Waals surface area contributed by atoms with Gasteiger partial charge >= 0.3 is 0 Å². The Morgan fingerprint density at radius 1 is 1.16 bits per heavy atom. The van der Waals surface area contributed by atoms with Gasteiger partial charge in [0.15, 0.2) is 0 Å². The van der Waals surface area contributed by atoms with Crippen molar-refractivity contribution in [3.05, 3.63) is 53.1 Å².